The first-order valence-electron chi connectivity index (χ1n) is 7.11. The van der Waals surface area contributed by atoms with Crippen molar-refractivity contribution in [2.75, 3.05) is 12.3 Å². The summed E-state index contributed by atoms with van der Waals surface area (Å²) >= 11 is 0. The number of aryl methyl sites for hydroxylation is 2. The van der Waals surface area contributed by atoms with Gasteiger partial charge in [0.15, 0.2) is 0 Å². The van der Waals surface area contributed by atoms with Crippen LogP contribution in [0.25, 0.3) is 0 Å². The van der Waals surface area contributed by atoms with Crippen LogP contribution < -0.4 is 11.1 Å². The molecule has 1 atom stereocenters. The predicted octanol–water partition coefficient (Wildman–Crippen LogP) is 3.17. The van der Waals surface area contributed by atoms with Crippen molar-refractivity contribution in [3.05, 3.63) is 58.8 Å². The van der Waals surface area contributed by atoms with E-state index < -0.39 is 0 Å². The molecule has 106 valence electrons. The molecule has 20 heavy (non-hydrogen) atoms. The van der Waals surface area contributed by atoms with Crippen LogP contribution in [0.4, 0.5) is 5.82 Å². The largest absolute Gasteiger partial charge is 0.383 e. The lowest BCUT2D eigenvalue weighted by molar-refractivity contribution is 0.548. The molecule has 1 aromatic heterocycles. The van der Waals surface area contributed by atoms with E-state index in [1.165, 1.54) is 11.1 Å². The van der Waals surface area contributed by atoms with E-state index in [1.54, 1.807) is 0 Å². The molecule has 0 fully saturated rings. The number of hydrogen-bond donors (Lipinski definition) is 2. The standard InChI is InChI=1S/C17H23N3/c1-4-19-16(10-14-8-6-5-7-13(14)3)15-9-12(2)11-20-17(15)18/h5-9,11,16,19H,4,10H2,1-3H3,(H2,18,20). The molecule has 0 spiro atoms. The van der Waals surface area contributed by atoms with Gasteiger partial charge in [-0.2, -0.15) is 0 Å². The summed E-state index contributed by atoms with van der Waals surface area (Å²) in [5.41, 5.74) is 11.0. The zero-order valence-electron chi connectivity index (χ0n) is 12.5. The number of benzene rings is 1. The quantitative estimate of drug-likeness (QED) is 0.876. The molecule has 0 bridgehead atoms. The average Bonchev–Trinajstić information content (AvgIpc) is 2.43. The Balaban J connectivity index is 2.32. The number of nitrogens with one attached hydrogen (secondary N) is 1. The highest BCUT2D eigenvalue weighted by molar-refractivity contribution is 5.44. The molecule has 1 heterocycles. The van der Waals surface area contributed by atoms with E-state index in [0.29, 0.717) is 5.82 Å². The Morgan fingerprint density at radius 1 is 1.25 bits per heavy atom. The second-order valence-corrected chi connectivity index (χ2v) is 5.23. The molecular weight excluding hydrogens is 246 g/mol. The number of anilines is 1. The van der Waals surface area contributed by atoms with Gasteiger partial charge in [0.1, 0.15) is 5.82 Å². The smallest absolute Gasteiger partial charge is 0.128 e. The van der Waals surface area contributed by atoms with Crippen molar-refractivity contribution in [3.8, 4) is 0 Å². The fourth-order valence-electron chi connectivity index (χ4n) is 2.48. The molecule has 3 heteroatoms. The first-order chi connectivity index (χ1) is 9.61. The van der Waals surface area contributed by atoms with Crippen LogP contribution in [0.15, 0.2) is 36.5 Å². The molecular formula is C17H23N3. The minimum atomic E-state index is 0.202. The number of hydrogen-bond acceptors (Lipinski definition) is 3. The number of likely N-dealkylation sites (N-methyl/N-ethyl adjacent to an activating group) is 1. The maximum absolute atomic E-state index is 6.06. The fourth-order valence-corrected chi connectivity index (χ4v) is 2.48. The topological polar surface area (TPSA) is 50.9 Å². The van der Waals surface area contributed by atoms with Gasteiger partial charge in [-0.3, -0.25) is 0 Å². The van der Waals surface area contributed by atoms with Gasteiger partial charge in [0.25, 0.3) is 0 Å². The van der Waals surface area contributed by atoms with E-state index in [2.05, 4.69) is 54.5 Å². The van der Waals surface area contributed by atoms with Crippen LogP contribution in [0.3, 0.4) is 0 Å². The second-order valence-electron chi connectivity index (χ2n) is 5.23. The molecule has 0 radical (unpaired) electrons. The summed E-state index contributed by atoms with van der Waals surface area (Å²) in [5, 5.41) is 3.52. The lowest BCUT2D eigenvalue weighted by Gasteiger charge is -2.21. The summed E-state index contributed by atoms with van der Waals surface area (Å²) in [5.74, 6) is 0.620. The van der Waals surface area contributed by atoms with Gasteiger partial charge in [0.05, 0.1) is 0 Å². The predicted molar refractivity (Wildman–Crippen MR) is 84.7 cm³/mol. The lowest BCUT2D eigenvalue weighted by Crippen LogP contribution is -2.24. The van der Waals surface area contributed by atoms with E-state index in [4.69, 9.17) is 5.73 Å². The van der Waals surface area contributed by atoms with Gasteiger partial charge >= 0.3 is 0 Å². The van der Waals surface area contributed by atoms with Crippen molar-refractivity contribution in [2.24, 2.45) is 0 Å². The zero-order valence-corrected chi connectivity index (χ0v) is 12.5. The molecule has 0 saturated carbocycles. The number of nitrogens with two attached hydrogens (primary N) is 1. The van der Waals surface area contributed by atoms with Gasteiger partial charge in [-0.1, -0.05) is 31.2 Å². The summed E-state index contributed by atoms with van der Waals surface area (Å²) in [6, 6.07) is 10.8. The highest BCUT2D eigenvalue weighted by atomic mass is 14.9. The van der Waals surface area contributed by atoms with Crippen molar-refractivity contribution < 1.29 is 0 Å². The van der Waals surface area contributed by atoms with E-state index in [1.807, 2.05) is 13.1 Å². The van der Waals surface area contributed by atoms with Crippen LogP contribution >= 0.6 is 0 Å². The van der Waals surface area contributed by atoms with Gasteiger partial charge in [-0.25, -0.2) is 4.98 Å². The SMILES string of the molecule is CCNC(Cc1ccccc1C)c1cc(C)cnc1N. The number of nitrogen functional groups attached to an aromatic ring is 1. The fraction of sp³-hybridized carbons (Fsp3) is 0.353. The minimum absolute atomic E-state index is 0.202. The maximum atomic E-state index is 6.06. The van der Waals surface area contributed by atoms with Crippen molar-refractivity contribution in [1.82, 2.24) is 10.3 Å². The summed E-state index contributed by atoms with van der Waals surface area (Å²) in [4.78, 5) is 4.28. The average molecular weight is 269 g/mol. The van der Waals surface area contributed by atoms with Crippen molar-refractivity contribution in [1.29, 1.82) is 0 Å². The summed E-state index contributed by atoms with van der Waals surface area (Å²) in [7, 11) is 0. The first-order valence-corrected chi connectivity index (χ1v) is 7.11. The third-order valence-electron chi connectivity index (χ3n) is 3.60. The van der Waals surface area contributed by atoms with Gasteiger partial charge in [0, 0.05) is 17.8 Å². The third-order valence-corrected chi connectivity index (χ3v) is 3.60. The molecule has 2 rings (SSSR count). The molecule has 0 aliphatic carbocycles. The van der Waals surface area contributed by atoms with Crippen LogP contribution in [0.1, 0.15) is 35.2 Å². The Bertz CT molecular complexity index is 578. The summed E-state index contributed by atoms with van der Waals surface area (Å²) in [6.07, 6.45) is 2.74. The monoisotopic (exact) mass is 269 g/mol. The molecule has 1 aromatic carbocycles. The Kier molecular flexibility index (Phi) is 4.74. The van der Waals surface area contributed by atoms with Gasteiger partial charge < -0.3 is 11.1 Å². The highest BCUT2D eigenvalue weighted by Gasteiger charge is 2.16. The van der Waals surface area contributed by atoms with Crippen molar-refractivity contribution >= 4 is 5.82 Å². The van der Waals surface area contributed by atoms with Gasteiger partial charge in [-0.05, 0) is 49.6 Å². The van der Waals surface area contributed by atoms with Crippen LogP contribution in [-0.2, 0) is 6.42 Å². The van der Waals surface area contributed by atoms with Crippen LogP contribution in [-0.4, -0.2) is 11.5 Å². The molecule has 0 aliphatic rings. The Hall–Kier alpha value is -1.87. The first kappa shape index (κ1) is 14.5. The maximum Gasteiger partial charge on any atom is 0.128 e. The highest BCUT2D eigenvalue weighted by Crippen LogP contribution is 2.24. The zero-order chi connectivity index (χ0) is 14.5. The van der Waals surface area contributed by atoms with E-state index in [-0.39, 0.29) is 6.04 Å². The number of nitrogens with zero attached hydrogens (tertiary/aromatic N) is 1. The third kappa shape index (κ3) is 3.36. The van der Waals surface area contributed by atoms with E-state index in [0.717, 1.165) is 24.1 Å². The minimum Gasteiger partial charge on any atom is -0.383 e. The summed E-state index contributed by atoms with van der Waals surface area (Å²) < 4.78 is 0. The molecule has 0 saturated heterocycles. The normalized spacial score (nSPS) is 12.3. The van der Waals surface area contributed by atoms with E-state index >= 15 is 0 Å². The van der Waals surface area contributed by atoms with E-state index in [9.17, 15) is 0 Å². The Morgan fingerprint density at radius 2 is 2.00 bits per heavy atom. The van der Waals surface area contributed by atoms with Crippen LogP contribution in [0.5, 0.6) is 0 Å². The van der Waals surface area contributed by atoms with Crippen molar-refractivity contribution in [2.45, 2.75) is 33.2 Å². The molecule has 3 N–H and O–H groups in total. The number of aromatic nitrogens is 1. The molecule has 3 nitrogen and oxygen atoms in total. The van der Waals surface area contributed by atoms with Crippen LogP contribution in [0, 0.1) is 13.8 Å². The lowest BCUT2D eigenvalue weighted by atomic mass is 9.95. The molecule has 1 unspecified atom stereocenters. The molecule has 2 aromatic rings. The molecule has 0 aliphatic heterocycles. The Morgan fingerprint density at radius 3 is 2.70 bits per heavy atom. The Labute approximate surface area is 121 Å². The van der Waals surface area contributed by atoms with Crippen molar-refractivity contribution in [3.63, 3.8) is 0 Å². The molecule has 0 amide bonds. The van der Waals surface area contributed by atoms with Gasteiger partial charge in [0.2, 0.25) is 0 Å². The summed E-state index contributed by atoms with van der Waals surface area (Å²) in [6.45, 7) is 7.22. The number of rotatable bonds is 5. The number of pyridine rings is 1. The van der Waals surface area contributed by atoms with Gasteiger partial charge in [-0.15, -0.1) is 0 Å². The van der Waals surface area contributed by atoms with Crippen LogP contribution in [0.2, 0.25) is 0 Å². The second kappa shape index (κ2) is 6.53.